The number of thiazole rings is 1. The van der Waals surface area contributed by atoms with Gasteiger partial charge < -0.3 is 16.0 Å². The monoisotopic (exact) mass is 498 g/mol. The number of rotatable bonds is 4. The third kappa shape index (κ3) is 3.76. The molecule has 0 radical (unpaired) electrons. The molecule has 34 heavy (non-hydrogen) atoms. The number of aromatic nitrogens is 2. The zero-order valence-electron chi connectivity index (χ0n) is 18.8. The average Bonchev–Trinajstić information content (AvgIpc) is 3.55. The van der Waals surface area contributed by atoms with Crippen molar-refractivity contribution in [2.45, 2.75) is 56.8 Å². The van der Waals surface area contributed by atoms with Gasteiger partial charge in [-0.05, 0) is 43.5 Å². The predicted octanol–water partition coefficient (Wildman–Crippen LogP) is 3.47. The van der Waals surface area contributed by atoms with Crippen molar-refractivity contribution in [1.82, 2.24) is 25.3 Å². The summed E-state index contributed by atoms with van der Waals surface area (Å²) in [5.74, 6) is -0.427. The summed E-state index contributed by atoms with van der Waals surface area (Å²) in [5.41, 5.74) is 7.86. The van der Waals surface area contributed by atoms with Crippen molar-refractivity contribution in [2.24, 2.45) is 5.73 Å². The van der Waals surface area contributed by atoms with Crippen LogP contribution in [0.25, 0.3) is 10.9 Å². The molecule has 1 saturated carbocycles. The first-order chi connectivity index (χ1) is 16.4. The summed E-state index contributed by atoms with van der Waals surface area (Å²) in [5, 5.41) is 9.64. The molecule has 2 atom stereocenters. The van der Waals surface area contributed by atoms with Crippen LogP contribution in [0.2, 0.25) is 5.02 Å². The lowest BCUT2D eigenvalue weighted by atomic mass is 9.74. The van der Waals surface area contributed by atoms with E-state index in [9.17, 15) is 9.59 Å². The minimum atomic E-state index is -1.18. The Morgan fingerprint density at radius 1 is 1.18 bits per heavy atom. The topological polar surface area (TPSA) is 107 Å². The number of hydrazine groups is 1. The number of benzene rings is 1. The molecule has 3 aliphatic rings. The zero-order chi connectivity index (χ0) is 23.4. The van der Waals surface area contributed by atoms with Crippen molar-refractivity contribution in [3.63, 3.8) is 0 Å². The molecule has 1 saturated heterocycles. The third-order valence-corrected chi connectivity index (χ3v) is 8.69. The summed E-state index contributed by atoms with van der Waals surface area (Å²) in [6.45, 7) is 3.66. The summed E-state index contributed by atoms with van der Waals surface area (Å²) in [6, 6.07) is 6.79. The molecule has 3 aromatic rings. The van der Waals surface area contributed by atoms with Crippen molar-refractivity contribution in [3.05, 3.63) is 50.6 Å². The molecule has 1 aromatic carbocycles. The van der Waals surface area contributed by atoms with Crippen LogP contribution < -0.4 is 11.1 Å². The summed E-state index contributed by atoms with van der Waals surface area (Å²) >= 11 is 7.56. The van der Waals surface area contributed by atoms with E-state index in [4.69, 9.17) is 17.3 Å². The number of nitrogens with one attached hydrogen (secondary N) is 2. The summed E-state index contributed by atoms with van der Waals surface area (Å²) in [4.78, 5) is 35.8. The van der Waals surface area contributed by atoms with Crippen LogP contribution in [0.5, 0.6) is 0 Å². The SMILES string of the molecule is NC1(C(=O)c2cc3cc(Cl)ccc3[nH]2)CCCCC1NC(=O)c1nc2c(s1)CN1CCCN1C2. The van der Waals surface area contributed by atoms with Crippen LogP contribution in [0.15, 0.2) is 24.3 Å². The van der Waals surface area contributed by atoms with E-state index in [2.05, 4.69) is 25.3 Å². The molecular formula is C24H27ClN6O2S. The number of hydrogen-bond donors (Lipinski definition) is 3. The second-order valence-electron chi connectivity index (χ2n) is 9.57. The second-order valence-corrected chi connectivity index (χ2v) is 11.1. The van der Waals surface area contributed by atoms with Gasteiger partial charge in [0.05, 0.1) is 24.0 Å². The van der Waals surface area contributed by atoms with Crippen molar-refractivity contribution >= 4 is 45.5 Å². The fraction of sp³-hybridized carbons (Fsp3) is 0.458. The standard InChI is InChI=1S/C24H27ClN6O2S/c25-15-5-6-16-14(10-15)11-17(27-16)21(32)24(26)7-2-1-4-20(24)29-22(33)23-28-18-12-30-8-3-9-31(30)13-19(18)34-23/h5-6,10-11,20,27H,1-4,7-9,12-13,26H2,(H,29,33). The van der Waals surface area contributed by atoms with E-state index in [1.807, 2.05) is 12.1 Å². The van der Waals surface area contributed by atoms with Crippen molar-refractivity contribution in [1.29, 1.82) is 0 Å². The van der Waals surface area contributed by atoms with E-state index < -0.39 is 11.6 Å². The molecule has 1 amide bonds. The number of aromatic amines is 1. The maximum Gasteiger partial charge on any atom is 0.280 e. The molecule has 8 nitrogen and oxygen atoms in total. The van der Waals surface area contributed by atoms with Crippen LogP contribution >= 0.6 is 22.9 Å². The van der Waals surface area contributed by atoms with Gasteiger partial charge in [-0.25, -0.2) is 15.0 Å². The molecule has 10 heteroatoms. The van der Waals surface area contributed by atoms with Gasteiger partial charge in [0.15, 0.2) is 5.01 Å². The van der Waals surface area contributed by atoms with Gasteiger partial charge in [0, 0.05) is 40.4 Å². The molecule has 0 spiro atoms. The molecular weight excluding hydrogens is 472 g/mol. The van der Waals surface area contributed by atoms with Crippen LogP contribution in [0.4, 0.5) is 0 Å². The Morgan fingerprint density at radius 2 is 2.00 bits per heavy atom. The highest BCUT2D eigenvalue weighted by molar-refractivity contribution is 7.13. The van der Waals surface area contributed by atoms with Crippen molar-refractivity contribution in [2.75, 3.05) is 13.1 Å². The Labute approximate surface area is 206 Å². The minimum Gasteiger partial charge on any atom is -0.352 e. The van der Waals surface area contributed by atoms with E-state index in [1.54, 1.807) is 12.1 Å². The Hall–Kier alpha value is -2.30. The number of carbonyl (C=O) groups is 2. The number of nitrogens with two attached hydrogens (primary N) is 1. The molecule has 4 heterocycles. The molecule has 6 rings (SSSR count). The number of hydrogen-bond acceptors (Lipinski definition) is 7. The van der Waals surface area contributed by atoms with Gasteiger partial charge in [-0.3, -0.25) is 9.59 Å². The molecule has 0 bridgehead atoms. The highest BCUT2D eigenvalue weighted by Gasteiger charge is 2.45. The molecule has 2 aliphatic heterocycles. The number of nitrogens with zero attached hydrogens (tertiary/aromatic N) is 3. The lowest BCUT2D eigenvalue weighted by molar-refractivity contribution is -0.00171. The molecule has 1 aliphatic carbocycles. The van der Waals surface area contributed by atoms with Gasteiger partial charge in [-0.15, -0.1) is 11.3 Å². The van der Waals surface area contributed by atoms with E-state index in [-0.39, 0.29) is 11.7 Å². The number of ketones is 1. The quantitative estimate of drug-likeness (QED) is 0.475. The number of halogens is 1. The lowest BCUT2D eigenvalue weighted by Gasteiger charge is -2.39. The van der Waals surface area contributed by atoms with Gasteiger partial charge >= 0.3 is 0 Å². The normalized spacial score (nSPS) is 25.3. The third-order valence-electron chi connectivity index (χ3n) is 7.37. The zero-order valence-corrected chi connectivity index (χ0v) is 20.3. The molecule has 2 aromatic heterocycles. The fourth-order valence-corrected chi connectivity index (χ4v) is 6.67. The maximum absolute atomic E-state index is 13.6. The first-order valence-electron chi connectivity index (χ1n) is 11.8. The van der Waals surface area contributed by atoms with Gasteiger partial charge in [-0.1, -0.05) is 24.4 Å². The Kier molecular flexibility index (Phi) is 5.50. The van der Waals surface area contributed by atoms with Crippen LogP contribution in [-0.2, 0) is 13.1 Å². The summed E-state index contributed by atoms with van der Waals surface area (Å²) in [6.07, 6.45) is 4.10. The minimum absolute atomic E-state index is 0.184. The number of H-pyrrole nitrogens is 1. The van der Waals surface area contributed by atoms with Crippen molar-refractivity contribution in [3.8, 4) is 0 Å². The maximum atomic E-state index is 13.6. The first kappa shape index (κ1) is 22.2. The van der Waals surface area contributed by atoms with Crippen LogP contribution in [0.1, 0.15) is 63.0 Å². The largest absolute Gasteiger partial charge is 0.352 e. The van der Waals surface area contributed by atoms with Gasteiger partial charge in [-0.2, -0.15) is 0 Å². The van der Waals surface area contributed by atoms with E-state index >= 15 is 0 Å². The lowest BCUT2D eigenvalue weighted by Crippen LogP contribution is -2.64. The van der Waals surface area contributed by atoms with Crippen LogP contribution in [0.3, 0.4) is 0 Å². The van der Waals surface area contributed by atoms with Crippen molar-refractivity contribution < 1.29 is 9.59 Å². The fourth-order valence-electron chi connectivity index (χ4n) is 5.51. The average molecular weight is 499 g/mol. The summed E-state index contributed by atoms with van der Waals surface area (Å²) in [7, 11) is 0. The highest BCUT2D eigenvalue weighted by Crippen LogP contribution is 2.33. The van der Waals surface area contributed by atoms with Gasteiger partial charge in [0.25, 0.3) is 5.91 Å². The van der Waals surface area contributed by atoms with E-state index in [1.165, 1.54) is 17.8 Å². The van der Waals surface area contributed by atoms with E-state index in [0.29, 0.717) is 28.6 Å². The molecule has 2 fully saturated rings. The number of fused-ring (bicyclic) bond motifs is 3. The van der Waals surface area contributed by atoms with E-state index in [0.717, 1.165) is 60.5 Å². The first-order valence-corrected chi connectivity index (χ1v) is 13.0. The smallest absolute Gasteiger partial charge is 0.280 e. The number of Topliss-reactive ketones (excluding diaryl/α,β-unsaturated/α-hetero) is 1. The molecule has 2 unspecified atom stereocenters. The molecule has 178 valence electrons. The second kappa shape index (κ2) is 8.42. The Morgan fingerprint density at radius 3 is 2.85 bits per heavy atom. The number of carbonyl (C=O) groups excluding carboxylic acids is 2. The number of amides is 1. The predicted molar refractivity (Wildman–Crippen MR) is 132 cm³/mol. The highest BCUT2D eigenvalue weighted by atomic mass is 35.5. The van der Waals surface area contributed by atoms with Crippen LogP contribution in [-0.4, -0.2) is 56.3 Å². The Bertz CT molecular complexity index is 1260. The van der Waals surface area contributed by atoms with Gasteiger partial charge in [0.1, 0.15) is 5.54 Å². The Balaban J connectivity index is 1.23. The summed E-state index contributed by atoms with van der Waals surface area (Å²) < 4.78 is 0. The molecule has 4 N–H and O–H groups in total. The van der Waals surface area contributed by atoms with Gasteiger partial charge in [0.2, 0.25) is 5.78 Å². The van der Waals surface area contributed by atoms with Crippen LogP contribution in [0, 0.1) is 0 Å².